The minimum absolute atomic E-state index is 0.130. The van der Waals surface area contributed by atoms with E-state index in [2.05, 4.69) is 153 Å². The van der Waals surface area contributed by atoms with Gasteiger partial charge in [0.25, 0.3) is 10.1 Å². The number of aliphatic hydroxyl groups excluding tert-OH is 2. The summed E-state index contributed by atoms with van der Waals surface area (Å²) in [6.45, 7) is 8.27. The molecule has 666 valence electrons. The molecular formula is C107H135BN2O14S. The lowest BCUT2D eigenvalue weighted by atomic mass is 9.81. The van der Waals surface area contributed by atoms with Crippen LogP contribution in [0.15, 0.2) is 297 Å². The number of ether oxygens (including phenoxy) is 4. The molecule has 1 heterocycles. The minimum atomic E-state index is -3.34. The van der Waals surface area contributed by atoms with Gasteiger partial charge in [-0.3, -0.25) is 8.98 Å². The molecule has 0 atom stereocenters. The number of carboxylic acids is 1. The Morgan fingerprint density at radius 3 is 0.912 bits per heavy atom. The molecule has 2 aliphatic carbocycles. The maximum absolute atomic E-state index is 10.8. The van der Waals surface area contributed by atoms with Crippen molar-refractivity contribution in [2.45, 2.75) is 192 Å². The van der Waals surface area contributed by atoms with Crippen molar-refractivity contribution in [1.82, 2.24) is 9.80 Å². The van der Waals surface area contributed by atoms with Crippen molar-refractivity contribution < 1.29 is 67.0 Å². The van der Waals surface area contributed by atoms with Crippen molar-refractivity contribution in [3.8, 4) is 34.5 Å². The number of carbonyl (C=O) groups is 1. The molecule has 0 amide bonds. The number of carboxylic acid groups (broad SMARTS) is 1. The number of aryl methyl sites for hydroxylation is 6. The molecule has 11 aromatic rings. The third-order valence-corrected chi connectivity index (χ3v) is 22.7. The molecule has 0 bridgehead atoms. The fraction of sp³-hybridized carbons (Fsp3) is 0.374. The van der Waals surface area contributed by atoms with Crippen LogP contribution in [0.2, 0.25) is 6.82 Å². The zero-order valence-electron chi connectivity index (χ0n) is 74.1. The quantitative estimate of drug-likeness (QED) is 0.0123. The first kappa shape index (κ1) is 102. The molecule has 14 rings (SSSR count). The smallest absolute Gasteiger partial charge is 0.303 e. The summed E-state index contributed by atoms with van der Waals surface area (Å²) in [5, 5.41) is 52.9. The van der Waals surface area contributed by atoms with E-state index < -0.39 is 16.1 Å². The van der Waals surface area contributed by atoms with Gasteiger partial charge in [0.1, 0.15) is 54.3 Å². The van der Waals surface area contributed by atoms with Gasteiger partial charge in [-0.15, -0.1) is 0 Å². The highest BCUT2D eigenvalue weighted by Crippen LogP contribution is 2.36. The Hall–Kier alpha value is -10.5. The van der Waals surface area contributed by atoms with Crippen LogP contribution in [0.1, 0.15) is 176 Å². The molecule has 125 heavy (non-hydrogen) atoms. The molecule has 2 radical (unpaired) electrons. The number of aromatic hydroxyl groups is 3. The zero-order chi connectivity index (χ0) is 89.2. The molecule has 16 nitrogen and oxygen atoms in total. The molecular weight excluding hydrogens is 1580 g/mol. The van der Waals surface area contributed by atoms with E-state index in [1.807, 2.05) is 127 Å². The minimum Gasteiger partial charge on any atom is -0.508 e. The van der Waals surface area contributed by atoms with Gasteiger partial charge in [-0.25, -0.2) is 0 Å². The molecule has 11 aromatic carbocycles. The van der Waals surface area contributed by atoms with Gasteiger partial charge in [-0.05, 0) is 308 Å². The van der Waals surface area contributed by atoms with Crippen molar-refractivity contribution in [3.05, 3.63) is 358 Å². The van der Waals surface area contributed by atoms with E-state index in [1.54, 1.807) is 48.5 Å². The lowest BCUT2D eigenvalue weighted by molar-refractivity contribution is -0.136. The highest BCUT2D eigenvalue weighted by atomic mass is 32.2. The zero-order valence-corrected chi connectivity index (χ0v) is 74.9. The molecule has 0 unspecified atom stereocenters. The Morgan fingerprint density at radius 2 is 0.640 bits per heavy atom. The fourth-order valence-electron chi connectivity index (χ4n) is 14.9. The standard InChI is InChI=1S/C29H35NO.C22H29NO.C17H20O4S.C16H18O2.C9H10O3.C9H12O2.C4H8O.CH3B/c1-30(28-18-16-27(17-19-28)26-12-6-3-7-13-26)22-8-11-24-14-20-29(21-15-24)31-23-25-9-4-2-5-10-25;1-23(17-5-6-18-9-15-22(24)16-10-18)21-13-11-20(12-14-21)19-7-3-2-4-8-19;1-22(18,19)21-13-5-8-15-9-11-17(12-10-15)20-14-16-6-3-2-4-7-16;17-12-4-7-14-8-10-16(11-9-14)18-13-15-5-2-1-3-6-15;10-8-4-1-7(2-5-8)3-6-9(11)12;10-7-1-2-8-3-5-9(11)6-4-8;1-2-4-5-3-1;1-2/h2-7,9-10,12-15,20-21,27-28H,8,11,16-19,22-23H2,1H3;2-4,7-10,15-16,20-21,24H,5-6,11-14,17H2,1H3;2-4,6-7,9-12H,5,8,13-14H2,1H3;1-3,5-6,8-11,17H,4,7,12-13H2;1-2,4-5,10H,3,6H2,(H,11,12);3-6,10-11H,1-2,7H2;1-4H2;1H3. The number of benzene rings is 11. The molecule has 2 saturated carbocycles. The SMILES string of the molecule is C1CCOC1.CN(CCCc1ccc(O)cc1)C1CCC(c2ccccc2)CC1.CN(CCCc1ccc(OCc2ccccc2)cc1)C1CCC(c2ccccc2)CC1.CS(=O)(=O)OCCCc1ccc(OCc2ccccc2)cc1.O=C(O)CCc1ccc(O)cc1.OCCCc1ccc(O)cc1.OCCCc1ccc(OCc2ccccc2)cc1.[B]C. The Morgan fingerprint density at radius 1 is 0.368 bits per heavy atom. The number of phenolic OH excluding ortho intramolecular Hbond substituents is 3. The van der Waals surface area contributed by atoms with Crippen molar-refractivity contribution >= 4 is 23.9 Å². The third kappa shape index (κ3) is 44.3. The second-order valence-corrected chi connectivity index (χ2v) is 33.4. The van der Waals surface area contributed by atoms with Crippen LogP contribution in [0.25, 0.3) is 0 Å². The predicted octanol–water partition coefficient (Wildman–Crippen LogP) is 21.9. The number of phenols is 3. The Kier molecular flexibility index (Phi) is 49.5. The van der Waals surface area contributed by atoms with E-state index in [1.165, 1.54) is 129 Å². The number of aliphatic carboxylic acids is 1. The molecule has 0 aromatic heterocycles. The normalized spacial score (nSPS) is 15.0. The lowest BCUT2D eigenvalue weighted by Crippen LogP contribution is -2.35. The summed E-state index contributed by atoms with van der Waals surface area (Å²) < 4.78 is 48.6. The summed E-state index contributed by atoms with van der Waals surface area (Å²) >= 11 is 0. The average molecular weight is 1720 g/mol. The largest absolute Gasteiger partial charge is 0.508 e. The van der Waals surface area contributed by atoms with E-state index in [0.717, 1.165) is 134 Å². The molecule has 1 saturated heterocycles. The summed E-state index contributed by atoms with van der Waals surface area (Å²) in [5.41, 5.74) is 13.7. The maximum Gasteiger partial charge on any atom is 0.303 e. The Bertz CT molecular complexity index is 4640. The average Bonchev–Trinajstić information content (AvgIpc) is 1.05. The highest BCUT2D eigenvalue weighted by Gasteiger charge is 2.26. The van der Waals surface area contributed by atoms with Crippen LogP contribution in [-0.4, -0.2) is 141 Å². The molecule has 3 aliphatic rings. The van der Waals surface area contributed by atoms with Crippen LogP contribution < -0.4 is 14.2 Å². The molecule has 1 aliphatic heterocycles. The first-order chi connectivity index (χ1) is 60.9. The van der Waals surface area contributed by atoms with Gasteiger partial charge in [-0.2, -0.15) is 8.42 Å². The Balaban J connectivity index is 0.000000208. The van der Waals surface area contributed by atoms with Gasteiger partial charge in [0.05, 0.1) is 20.7 Å². The topological polar surface area (TPSA) is 225 Å². The van der Waals surface area contributed by atoms with E-state index >= 15 is 0 Å². The van der Waals surface area contributed by atoms with Gasteiger partial charge >= 0.3 is 5.97 Å². The Labute approximate surface area is 747 Å². The van der Waals surface area contributed by atoms with E-state index in [0.29, 0.717) is 38.4 Å². The van der Waals surface area contributed by atoms with Gasteiger partial charge in [0.15, 0.2) is 0 Å². The van der Waals surface area contributed by atoms with Crippen molar-refractivity contribution in [1.29, 1.82) is 0 Å². The van der Waals surface area contributed by atoms with Gasteiger partial charge in [0.2, 0.25) is 0 Å². The first-order valence-electron chi connectivity index (χ1n) is 44.5. The van der Waals surface area contributed by atoms with E-state index in [4.69, 9.17) is 48.7 Å². The van der Waals surface area contributed by atoms with Crippen LogP contribution >= 0.6 is 0 Å². The van der Waals surface area contributed by atoms with Crippen LogP contribution in [0.3, 0.4) is 0 Å². The summed E-state index contributed by atoms with van der Waals surface area (Å²) in [7, 11) is 5.76. The molecule has 3 fully saturated rings. The van der Waals surface area contributed by atoms with Crippen molar-refractivity contribution in [2.75, 3.05) is 66.5 Å². The number of hydrogen-bond acceptors (Lipinski definition) is 15. The number of aliphatic hydroxyl groups is 2. The van der Waals surface area contributed by atoms with Crippen LogP contribution in [0, 0.1) is 0 Å². The fourth-order valence-corrected chi connectivity index (χ4v) is 15.3. The van der Waals surface area contributed by atoms with E-state index in [9.17, 15) is 18.3 Å². The number of nitrogens with zero attached hydrogens (tertiary/aromatic N) is 2. The van der Waals surface area contributed by atoms with Crippen LogP contribution in [0.4, 0.5) is 0 Å². The summed E-state index contributed by atoms with van der Waals surface area (Å²) in [5.74, 6) is 4.20. The molecule has 0 spiro atoms. The third-order valence-electron chi connectivity index (χ3n) is 22.1. The van der Waals surface area contributed by atoms with Crippen molar-refractivity contribution in [3.63, 3.8) is 0 Å². The lowest BCUT2D eigenvalue weighted by Gasteiger charge is -2.35. The van der Waals surface area contributed by atoms with Crippen LogP contribution in [-0.2, 0) is 82.2 Å². The van der Waals surface area contributed by atoms with Gasteiger partial charge < -0.3 is 59.4 Å². The monoisotopic (exact) mass is 1710 g/mol. The predicted molar refractivity (Wildman–Crippen MR) is 508 cm³/mol. The number of rotatable bonds is 35. The molecule has 6 N–H and O–H groups in total. The second-order valence-electron chi connectivity index (χ2n) is 31.8. The maximum atomic E-state index is 10.8. The van der Waals surface area contributed by atoms with Crippen molar-refractivity contribution in [2.24, 2.45) is 0 Å². The van der Waals surface area contributed by atoms with E-state index in [-0.39, 0.29) is 37.7 Å². The number of hydrogen-bond donors (Lipinski definition) is 6. The van der Waals surface area contributed by atoms with Gasteiger partial charge in [-0.1, -0.05) is 231 Å². The van der Waals surface area contributed by atoms with Crippen LogP contribution in [0.5, 0.6) is 34.5 Å². The van der Waals surface area contributed by atoms with Gasteiger partial charge in [0, 0.05) is 44.9 Å². The second kappa shape index (κ2) is 60.9. The summed E-state index contributed by atoms with van der Waals surface area (Å²) in [4.78, 5) is 15.3. The molecule has 18 heteroatoms. The highest BCUT2D eigenvalue weighted by molar-refractivity contribution is 7.86. The summed E-state index contributed by atoms with van der Waals surface area (Å²) in [6.07, 6.45) is 24.2. The summed E-state index contributed by atoms with van der Waals surface area (Å²) in [6, 6.07) is 99.7. The first-order valence-corrected chi connectivity index (χ1v) is 46.3.